The van der Waals surface area contributed by atoms with Gasteiger partial charge in [-0.25, -0.2) is 24.7 Å². The first-order valence-corrected chi connectivity index (χ1v) is 27.1. The Morgan fingerprint density at radius 3 is 1.91 bits per heavy atom. The monoisotopic (exact) mass is 1090 g/mol. The molecule has 10 rings (SSSR count). The van der Waals surface area contributed by atoms with Crippen LogP contribution in [-0.2, 0) is 32.0 Å². The molecule has 1 saturated carbocycles. The number of nitrogen functional groups attached to an aromatic ring is 4. The number of imidazole rings is 3. The van der Waals surface area contributed by atoms with Gasteiger partial charge in [0.15, 0.2) is 33.8 Å². The SMILES string of the molecule is CC(C)COCCn1cnc2c(N)ccnc21.CC(C)CO[C@H](CO)Cn1ccc(N)nc1=O.CC(C)OC[C@@H]1C=CC(n2cnc3c(=O)[nH]c(N)nc32)C1.CC(C)OC[C@@H]1C=CC(n2cnc3c(NC4CC4)nc(N)nc32)C1. The average molecular weight is 1090 g/mol. The van der Waals surface area contributed by atoms with Gasteiger partial charge in [-0.1, -0.05) is 52.0 Å². The van der Waals surface area contributed by atoms with Crippen molar-refractivity contribution >= 4 is 62.7 Å². The van der Waals surface area contributed by atoms with Crippen molar-refractivity contribution in [2.24, 2.45) is 23.7 Å². The number of rotatable bonds is 21. The van der Waals surface area contributed by atoms with Gasteiger partial charge in [0.1, 0.15) is 11.3 Å². The van der Waals surface area contributed by atoms with Crippen molar-refractivity contribution in [2.45, 2.75) is 131 Å². The zero-order valence-corrected chi connectivity index (χ0v) is 46.7. The second-order valence-corrected chi connectivity index (χ2v) is 21.4. The third-order valence-electron chi connectivity index (χ3n) is 12.7. The number of aromatic amines is 1. The third kappa shape index (κ3) is 17.1. The highest BCUT2D eigenvalue weighted by Gasteiger charge is 2.27. The molecule has 0 spiro atoms. The highest BCUT2D eigenvalue weighted by molar-refractivity contribution is 5.85. The smallest absolute Gasteiger partial charge is 0.349 e. The van der Waals surface area contributed by atoms with Crippen LogP contribution >= 0.6 is 0 Å². The second-order valence-electron chi connectivity index (χ2n) is 21.4. The normalized spacial score (nSPS) is 18.1. The van der Waals surface area contributed by atoms with Crippen LogP contribution in [0, 0.1) is 23.7 Å². The van der Waals surface area contributed by atoms with Crippen LogP contribution in [0.2, 0.25) is 0 Å². The predicted molar refractivity (Wildman–Crippen MR) is 306 cm³/mol. The minimum absolute atomic E-state index is 0.107. The quantitative estimate of drug-likeness (QED) is 0.0354. The molecule has 7 aromatic rings. The van der Waals surface area contributed by atoms with E-state index in [1.54, 1.807) is 31.1 Å². The molecule has 3 aliphatic rings. The number of nitrogens with zero attached hydrogens (tertiary/aromatic N) is 12. The number of anilines is 5. The number of hydrogen-bond acceptors (Lipinski definition) is 20. The molecule has 25 heteroatoms. The van der Waals surface area contributed by atoms with E-state index in [2.05, 4.69) is 107 Å². The van der Waals surface area contributed by atoms with E-state index in [-0.39, 0.29) is 60.7 Å². The number of aliphatic hydroxyl groups is 1. The molecule has 428 valence electrons. The lowest BCUT2D eigenvalue weighted by Gasteiger charge is -2.17. The van der Waals surface area contributed by atoms with Gasteiger partial charge in [-0.3, -0.25) is 14.3 Å². The highest BCUT2D eigenvalue weighted by atomic mass is 16.5. The van der Waals surface area contributed by atoms with Gasteiger partial charge in [-0.2, -0.15) is 19.9 Å². The molecule has 0 aromatic carbocycles. The van der Waals surface area contributed by atoms with Crippen LogP contribution in [0.15, 0.2) is 77.4 Å². The maximum atomic E-state index is 11.8. The zero-order chi connectivity index (χ0) is 56.8. The van der Waals surface area contributed by atoms with Crippen LogP contribution in [0.3, 0.4) is 0 Å². The van der Waals surface area contributed by atoms with Crippen LogP contribution in [0.4, 0.5) is 29.2 Å². The first-order chi connectivity index (χ1) is 37.8. The summed E-state index contributed by atoms with van der Waals surface area (Å²) >= 11 is 0. The third-order valence-corrected chi connectivity index (χ3v) is 12.7. The van der Waals surface area contributed by atoms with Crippen LogP contribution in [-0.4, -0.2) is 132 Å². The number of hydrogen-bond donors (Lipinski definition) is 7. The summed E-state index contributed by atoms with van der Waals surface area (Å²) in [5.41, 5.74) is 26.7. The number of allylic oxidation sites excluding steroid dienone is 2. The summed E-state index contributed by atoms with van der Waals surface area (Å²) in [6.45, 7) is 20.8. The molecule has 79 heavy (non-hydrogen) atoms. The Kier molecular flexibility index (Phi) is 21.0. The maximum Gasteiger partial charge on any atom is 0.349 e. The van der Waals surface area contributed by atoms with E-state index in [0.717, 1.165) is 60.7 Å². The Labute approximate surface area is 459 Å². The van der Waals surface area contributed by atoms with Crippen LogP contribution < -0.4 is 39.5 Å². The number of fused-ring (bicyclic) bond motifs is 3. The van der Waals surface area contributed by atoms with E-state index in [4.69, 9.17) is 47.0 Å². The van der Waals surface area contributed by atoms with Gasteiger partial charge < -0.3 is 66.0 Å². The van der Waals surface area contributed by atoms with Gasteiger partial charge in [0, 0.05) is 50.0 Å². The van der Waals surface area contributed by atoms with Crippen molar-refractivity contribution < 1.29 is 24.1 Å². The number of nitrogens with two attached hydrogens (primary N) is 4. The van der Waals surface area contributed by atoms with E-state index >= 15 is 0 Å². The molecule has 7 heterocycles. The number of ether oxygens (including phenoxy) is 4. The summed E-state index contributed by atoms with van der Waals surface area (Å²) in [6.07, 6.45) is 21.5. The summed E-state index contributed by atoms with van der Waals surface area (Å²) in [5, 5.41) is 12.6. The van der Waals surface area contributed by atoms with Crippen molar-refractivity contribution in [1.82, 2.24) is 63.1 Å². The molecule has 11 N–H and O–H groups in total. The number of aliphatic hydroxyl groups excluding tert-OH is 1. The molecular weight excluding hydrogens is 1010 g/mol. The molecule has 2 unspecified atom stereocenters. The van der Waals surface area contributed by atoms with Gasteiger partial charge in [0.25, 0.3) is 5.56 Å². The van der Waals surface area contributed by atoms with Gasteiger partial charge >= 0.3 is 5.69 Å². The molecule has 0 saturated heterocycles. The molecule has 3 aliphatic carbocycles. The van der Waals surface area contributed by atoms with Crippen molar-refractivity contribution in [3.05, 3.63) is 88.7 Å². The molecule has 0 amide bonds. The van der Waals surface area contributed by atoms with Gasteiger partial charge in [0.2, 0.25) is 11.9 Å². The molecule has 0 aliphatic heterocycles. The van der Waals surface area contributed by atoms with Crippen molar-refractivity contribution in [2.75, 3.05) is 67.9 Å². The lowest BCUT2D eigenvalue weighted by Crippen LogP contribution is -2.32. The first kappa shape index (κ1) is 59.3. The van der Waals surface area contributed by atoms with E-state index in [9.17, 15) is 9.59 Å². The largest absolute Gasteiger partial charge is 0.397 e. The minimum atomic E-state index is -0.434. The fraction of sp³-hybridized carbons (Fsp3) is 0.556. The molecular formula is C54H80N18O7. The fourth-order valence-electron chi connectivity index (χ4n) is 8.60. The second kappa shape index (κ2) is 28.0. The molecule has 25 nitrogen and oxygen atoms in total. The topological polar surface area (TPSA) is 346 Å². The molecule has 0 bridgehead atoms. The van der Waals surface area contributed by atoms with Crippen molar-refractivity contribution in [3.8, 4) is 0 Å². The van der Waals surface area contributed by atoms with Gasteiger partial charge in [0.05, 0.1) is 88.0 Å². The van der Waals surface area contributed by atoms with Crippen LogP contribution in [0.5, 0.6) is 0 Å². The highest BCUT2D eigenvalue weighted by Crippen LogP contribution is 2.34. The zero-order valence-electron chi connectivity index (χ0n) is 46.7. The summed E-state index contributed by atoms with van der Waals surface area (Å²) in [7, 11) is 0. The van der Waals surface area contributed by atoms with E-state index in [1.807, 2.05) is 43.2 Å². The number of H-pyrrole nitrogens is 1. The molecule has 0 radical (unpaired) electrons. The van der Waals surface area contributed by atoms with Crippen molar-refractivity contribution in [1.29, 1.82) is 0 Å². The van der Waals surface area contributed by atoms with E-state index in [1.165, 1.54) is 23.5 Å². The van der Waals surface area contributed by atoms with E-state index < -0.39 is 11.8 Å². The summed E-state index contributed by atoms with van der Waals surface area (Å²) in [6, 6.07) is 4.16. The molecule has 1 fully saturated rings. The van der Waals surface area contributed by atoms with Gasteiger partial charge in [-0.05, 0) is 77.3 Å². The first-order valence-electron chi connectivity index (χ1n) is 27.1. The van der Waals surface area contributed by atoms with Crippen LogP contribution in [0.1, 0.15) is 93.2 Å². The lowest BCUT2D eigenvalue weighted by atomic mass is 10.1. The van der Waals surface area contributed by atoms with Crippen molar-refractivity contribution in [3.63, 3.8) is 0 Å². The Bertz CT molecular complexity index is 3230. The number of nitrogens with one attached hydrogen (secondary N) is 2. The summed E-state index contributed by atoms with van der Waals surface area (Å²) < 4.78 is 29.7. The number of aromatic nitrogens is 13. The fourth-order valence-corrected chi connectivity index (χ4v) is 8.60. The predicted octanol–water partition coefficient (Wildman–Crippen LogP) is 5.31. The van der Waals surface area contributed by atoms with E-state index in [0.29, 0.717) is 66.4 Å². The number of pyridine rings is 1. The molecule has 5 atom stereocenters. The van der Waals surface area contributed by atoms with Gasteiger partial charge in [-0.15, -0.1) is 0 Å². The van der Waals surface area contributed by atoms with Crippen LogP contribution in [0.25, 0.3) is 33.5 Å². The standard InChI is InChI=1S/C17H24N6O.C14H19N5O2.C12H18N4O.C11H19N3O3/c1-10(2)24-8-11-3-6-13(7-11)23-9-19-14-15(20-12-4-5-12)21-17(18)22-16(14)23;1-8(2)21-6-9-3-4-10(5-9)19-7-16-11-12(19)17-14(15)18-13(11)20;1-9(2)7-17-6-5-16-8-15-11-10(13)3-4-14-12(11)16;1-8(2)7-17-9(6-15)5-14-4-3-10(12)13-11(14)16/h3,6,9-13H,4-5,7-8H2,1-2H3,(H3,18,20,21,22);3-4,7-10H,5-6H2,1-2H3,(H3,15,17,18,20);3-4,8-9H,5-7H2,1-2H3,(H2,13,14);3-4,8-9,15H,5-7H2,1-2H3,(H2,12,13,16)/t11-,13?;9-,10?;;9-/m11.0/s1. The minimum Gasteiger partial charge on any atom is -0.397 e. The Hall–Kier alpha value is -7.32. The lowest BCUT2D eigenvalue weighted by molar-refractivity contribution is -0.00961. The Morgan fingerprint density at radius 2 is 1.32 bits per heavy atom. The average Bonchev–Trinajstić information content (AvgIpc) is 3.98. The summed E-state index contributed by atoms with van der Waals surface area (Å²) in [4.78, 5) is 59.5. The Morgan fingerprint density at radius 1 is 0.696 bits per heavy atom. The summed E-state index contributed by atoms with van der Waals surface area (Å²) in [5.74, 6) is 3.07. The maximum absolute atomic E-state index is 11.8. The Balaban J connectivity index is 0.000000154. The molecule has 7 aromatic heterocycles.